The minimum absolute atomic E-state index is 0.326. The molecule has 1 heterocycles. The lowest BCUT2D eigenvalue weighted by atomic mass is 10.0. The number of hydrogen-bond acceptors (Lipinski definition) is 4. The maximum absolute atomic E-state index is 4.35. The van der Waals surface area contributed by atoms with Crippen molar-refractivity contribution in [3.63, 3.8) is 0 Å². The highest BCUT2D eigenvalue weighted by atomic mass is 32.1. The van der Waals surface area contributed by atoms with Crippen LogP contribution in [0.3, 0.4) is 0 Å². The average molecular weight is 261 g/mol. The number of thiazole rings is 1. The first-order chi connectivity index (χ1) is 8.70. The Morgan fingerprint density at radius 3 is 2.50 bits per heavy atom. The Morgan fingerprint density at radius 2 is 2.00 bits per heavy atom. The van der Waals surface area contributed by atoms with E-state index >= 15 is 0 Å². The van der Waals surface area contributed by atoms with Gasteiger partial charge in [-0.15, -0.1) is 11.3 Å². The Morgan fingerprint density at radius 1 is 1.28 bits per heavy atom. The van der Waals surface area contributed by atoms with Gasteiger partial charge in [-0.3, -0.25) is 0 Å². The third kappa shape index (κ3) is 3.09. The van der Waals surface area contributed by atoms with E-state index < -0.39 is 0 Å². The number of hydrogen-bond donors (Lipinski definition) is 1. The fourth-order valence-corrected chi connectivity index (χ4v) is 2.58. The zero-order chi connectivity index (χ0) is 13.0. The summed E-state index contributed by atoms with van der Waals surface area (Å²) in [5.41, 5.74) is 2.53. The van der Waals surface area contributed by atoms with E-state index in [0.29, 0.717) is 6.04 Å². The Hall–Kier alpha value is -1.39. The Bertz CT molecular complexity index is 462. The number of nitrogens with one attached hydrogen (secondary N) is 1. The van der Waals surface area contributed by atoms with Gasteiger partial charge in [0.05, 0.1) is 5.01 Å². The maximum atomic E-state index is 4.35. The van der Waals surface area contributed by atoms with Crippen LogP contribution in [0.25, 0.3) is 0 Å². The molecule has 0 spiro atoms. The van der Waals surface area contributed by atoms with Crippen LogP contribution in [-0.4, -0.2) is 26.1 Å². The molecule has 1 aromatic carbocycles. The molecule has 0 saturated heterocycles. The van der Waals surface area contributed by atoms with Crippen LogP contribution in [0.2, 0.25) is 0 Å². The molecule has 2 aromatic rings. The second-order valence-electron chi connectivity index (χ2n) is 4.46. The normalized spacial score (nSPS) is 12.4. The lowest BCUT2D eigenvalue weighted by molar-refractivity contribution is 0.590. The smallest absolute Gasteiger partial charge is 0.0943 e. The van der Waals surface area contributed by atoms with Gasteiger partial charge in [0.25, 0.3) is 0 Å². The lowest BCUT2D eigenvalue weighted by Crippen LogP contribution is -2.19. The molecule has 0 aliphatic heterocycles. The second-order valence-corrected chi connectivity index (χ2v) is 5.44. The molecule has 0 saturated carbocycles. The summed E-state index contributed by atoms with van der Waals surface area (Å²) >= 11 is 1.71. The van der Waals surface area contributed by atoms with Gasteiger partial charge in [0.1, 0.15) is 0 Å². The quantitative estimate of drug-likeness (QED) is 0.897. The summed E-state index contributed by atoms with van der Waals surface area (Å²) in [4.78, 5) is 6.46. The van der Waals surface area contributed by atoms with Crippen molar-refractivity contribution in [2.75, 3.05) is 26.0 Å². The molecule has 0 bridgehead atoms. The Balaban J connectivity index is 2.12. The van der Waals surface area contributed by atoms with Crippen LogP contribution < -0.4 is 10.2 Å². The molecular formula is C14H19N3S. The van der Waals surface area contributed by atoms with Crippen LogP contribution in [0.15, 0.2) is 35.8 Å². The van der Waals surface area contributed by atoms with E-state index in [4.69, 9.17) is 0 Å². The second kappa shape index (κ2) is 5.98. The zero-order valence-corrected chi connectivity index (χ0v) is 11.9. The van der Waals surface area contributed by atoms with Gasteiger partial charge in [0.2, 0.25) is 0 Å². The summed E-state index contributed by atoms with van der Waals surface area (Å²) in [7, 11) is 6.11. The van der Waals surface area contributed by atoms with E-state index in [-0.39, 0.29) is 0 Å². The van der Waals surface area contributed by atoms with Gasteiger partial charge in [0.15, 0.2) is 0 Å². The van der Waals surface area contributed by atoms with Crippen LogP contribution in [0, 0.1) is 0 Å². The van der Waals surface area contributed by atoms with E-state index in [1.165, 1.54) is 16.3 Å². The standard InChI is InChI=1S/C14H19N3S/c1-15-13(10-14-16-8-9-18-14)11-4-6-12(7-5-11)17(2)3/h4-9,13,15H,10H2,1-3H3. The number of aromatic nitrogens is 1. The van der Waals surface area contributed by atoms with Crippen LogP contribution in [0.5, 0.6) is 0 Å². The van der Waals surface area contributed by atoms with Crippen molar-refractivity contribution in [1.29, 1.82) is 0 Å². The predicted octanol–water partition coefficient (Wildman–Crippen LogP) is 2.71. The van der Waals surface area contributed by atoms with Crippen molar-refractivity contribution in [2.24, 2.45) is 0 Å². The highest BCUT2D eigenvalue weighted by Crippen LogP contribution is 2.21. The number of likely N-dealkylation sites (N-methyl/N-ethyl adjacent to an activating group) is 1. The summed E-state index contributed by atoms with van der Waals surface area (Å²) in [6.07, 6.45) is 2.80. The first-order valence-electron chi connectivity index (χ1n) is 6.03. The van der Waals surface area contributed by atoms with Crippen molar-refractivity contribution in [2.45, 2.75) is 12.5 Å². The molecule has 0 radical (unpaired) electrons. The molecule has 18 heavy (non-hydrogen) atoms. The summed E-state index contributed by atoms with van der Waals surface area (Å²) in [5, 5.41) is 6.56. The van der Waals surface area contributed by atoms with Gasteiger partial charge in [-0.2, -0.15) is 0 Å². The fraction of sp³-hybridized carbons (Fsp3) is 0.357. The SMILES string of the molecule is CNC(Cc1nccs1)c1ccc(N(C)C)cc1. The topological polar surface area (TPSA) is 28.2 Å². The van der Waals surface area contributed by atoms with Crippen LogP contribution in [0.1, 0.15) is 16.6 Å². The van der Waals surface area contributed by atoms with Crippen molar-refractivity contribution in [3.05, 3.63) is 46.4 Å². The molecule has 1 atom stereocenters. The van der Waals surface area contributed by atoms with Crippen molar-refractivity contribution < 1.29 is 0 Å². The monoisotopic (exact) mass is 261 g/mol. The zero-order valence-electron chi connectivity index (χ0n) is 11.1. The molecule has 96 valence electrons. The predicted molar refractivity (Wildman–Crippen MR) is 78.4 cm³/mol. The summed E-state index contributed by atoms with van der Waals surface area (Å²) in [6, 6.07) is 9.00. The molecule has 0 aliphatic carbocycles. The van der Waals surface area contributed by atoms with E-state index in [0.717, 1.165) is 6.42 Å². The third-order valence-corrected chi connectivity index (χ3v) is 3.82. The highest BCUT2D eigenvalue weighted by Gasteiger charge is 2.11. The molecule has 0 aliphatic rings. The minimum atomic E-state index is 0.326. The molecule has 1 unspecified atom stereocenters. The van der Waals surface area contributed by atoms with Gasteiger partial charge >= 0.3 is 0 Å². The molecular weight excluding hydrogens is 242 g/mol. The molecule has 2 rings (SSSR count). The largest absolute Gasteiger partial charge is 0.378 e. The highest BCUT2D eigenvalue weighted by molar-refractivity contribution is 7.09. The van der Waals surface area contributed by atoms with Crippen LogP contribution >= 0.6 is 11.3 Å². The van der Waals surface area contributed by atoms with Crippen LogP contribution in [0.4, 0.5) is 5.69 Å². The third-order valence-electron chi connectivity index (χ3n) is 3.02. The first-order valence-corrected chi connectivity index (χ1v) is 6.91. The van der Waals surface area contributed by atoms with Gasteiger partial charge in [-0.25, -0.2) is 4.98 Å². The maximum Gasteiger partial charge on any atom is 0.0943 e. The lowest BCUT2D eigenvalue weighted by Gasteiger charge is -2.17. The van der Waals surface area contributed by atoms with Crippen molar-refractivity contribution in [3.8, 4) is 0 Å². The van der Waals surface area contributed by atoms with Crippen LogP contribution in [-0.2, 0) is 6.42 Å². The minimum Gasteiger partial charge on any atom is -0.378 e. The van der Waals surface area contributed by atoms with Crippen molar-refractivity contribution in [1.82, 2.24) is 10.3 Å². The molecule has 0 fully saturated rings. The summed E-state index contributed by atoms with van der Waals surface area (Å²) in [5.74, 6) is 0. The van der Waals surface area contributed by atoms with Gasteiger partial charge in [0, 0.05) is 43.8 Å². The molecule has 1 aromatic heterocycles. The number of nitrogens with zero attached hydrogens (tertiary/aromatic N) is 2. The number of anilines is 1. The Labute approximate surface area is 112 Å². The number of rotatable bonds is 5. The summed E-state index contributed by atoms with van der Waals surface area (Å²) in [6.45, 7) is 0. The molecule has 1 N–H and O–H groups in total. The molecule has 3 nitrogen and oxygen atoms in total. The molecule has 0 amide bonds. The first kappa shape index (κ1) is 13.1. The van der Waals surface area contributed by atoms with Gasteiger partial charge in [-0.05, 0) is 24.7 Å². The fourth-order valence-electron chi connectivity index (χ4n) is 1.92. The number of benzene rings is 1. The van der Waals surface area contributed by atoms with Crippen molar-refractivity contribution >= 4 is 17.0 Å². The van der Waals surface area contributed by atoms with E-state index in [1.54, 1.807) is 11.3 Å². The summed E-state index contributed by atoms with van der Waals surface area (Å²) < 4.78 is 0. The van der Waals surface area contributed by atoms with Gasteiger partial charge in [-0.1, -0.05) is 12.1 Å². The Kier molecular flexibility index (Phi) is 4.33. The van der Waals surface area contributed by atoms with E-state index in [9.17, 15) is 0 Å². The average Bonchev–Trinajstić information content (AvgIpc) is 2.89. The van der Waals surface area contributed by atoms with E-state index in [2.05, 4.69) is 53.6 Å². The molecule has 4 heteroatoms. The van der Waals surface area contributed by atoms with E-state index in [1.807, 2.05) is 18.6 Å². The van der Waals surface area contributed by atoms with Gasteiger partial charge < -0.3 is 10.2 Å².